The van der Waals surface area contributed by atoms with Crippen molar-refractivity contribution in [2.24, 2.45) is 0 Å². The quantitative estimate of drug-likeness (QED) is 0.0146. The van der Waals surface area contributed by atoms with Crippen molar-refractivity contribution in [2.75, 3.05) is 39.6 Å². The maximum absolute atomic E-state index is 12.9. The molecule has 0 amide bonds. The molecule has 18 heteroatoms. The highest BCUT2D eigenvalue weighted by Gasteiger charge is 2.29. The standard InChI is InChI=1S/C81H134O16P2/c1-4-7-10-13-16-19-22-25-27-29-31-33-35-36-37-38-40-42-43-45-47-50-52-55-58-61-64-67-79(84)91-70-76(82)71-93-98(87,88)94-72-77(83)73-95-99(89,90)96-75-78(97-81(86)69-66-63-60-57-54-49-24-21-18-15-12-9-6-3)74-92-80(85)68-65-62-59-56-53-51-48-46-44-41-39-34-32-30-28-26-23-20-17-14-11-8-5-2/h7-8,10-12,15-17,19-21,24-28,31-34,36-37,41,44,48,51,76-78,82-83H,4-6,9,13-14,18,22-23,29-30,35,38-40,42-43,45-47,49-50,52-75H2,1-3H3,(H,87,88)(H,89,90)/b10-7-,11-8-,15-12-,19-16-,20-17-,24-21-,27-25-,28-26-,33-31-,34-32-,37-36-,44-41-,51-48-. The zero-order valence-corrected chi connectivity index (χ0v) is 63.1. The van der Waals surface area contributed by atoms with Gasteiger partial charge in [0, 0.05) is 19.3 Å². The summed E-state index contributed by atoms with van der Waals surface area (Å²) in [5, 5.41) is 20.6. The van der Waals surface area contributed by atoms with E-state index < -0.39 is 91.5 Å². The topological polar surface area (TPSA) is 231 Å². The largest absolute Gasteiger partial charge is 0.472 e. The maximum Gasteiger partial charge on any atom is 0.472 e. The van der Waals surface area contributed by atoms with E-state index in [0.717, 1.165) is 173 Å². The van der Waals surface area contributed by atoms with Gasteiger partial charge in [0.25, 0.3) is 0 Å². The van der Waals surface area contributed by atoms with Gasteiger partial charge < -0.3 is 34.2 Å². The van der Waals surface area contributed by atoms with Crippen molar-refractivity contribution in [3.63, 3.8) is 0 Å². The SMILES string of the molecule is CC/C=C\C/C=C\C/C=C\C/C=C\C/C=C\C/C=C\CCCCCCC(=O)OCC(COP(=O)(O)OCC(O)COP(=O)(O)OCC(O)COC(=O)CCCCCCCCCCCCC/C=C\C/C=C\C/C=C\C/C=C\C/C=C\CC)OC(=O)CCCCCCC/C=C\C/C=C\CCC. The van der Waals surface area contributed by atoms with Gasteiger partial charge in [0.15, 0.2) is 6.10 Å². The Hall–Kier alpha value is -4.83. The molecule has 99 heavy (non-hydrogen) atoms. The lowest BCUT2D eigenvalue weighted by atomic mass is 10.0. The van der Waals surface area contributed by atoms with E-state index in [2.05, 4.69) is 179 Å². The number of hydrogen-bond donors (Lipinski definition) is 4. The average molecular weight is 1430 g/mol. The molecule has 0 radical (unpaired) electrons. The van der Waals surface area contributed by atoms with E-state index in [1.165, 1.54) is 44.9 Å². The molecule has 5 unspecified atom stereocenters. The van der Waals surface area contributed by atoms with E-state index in [1.54, 1.807) is 0 Å². The summed E-state index contributed by atoms with van der Waals surface area (Å²) in [6.45, 7) is 2.32. The fraction of sp³-hybridized carbons (Fsp3) is 0.642. The molecule has 16 nitrogen and oxygen atoms in total. The summed E-state index contributed by atoms with van der Waals surface area (Å²) in [6, 6.07) is 0. The number of carbonyl (C=O) groups excluding carboxylic acids is 3. The maximum atomic E-state index is 12.9. The molecule has 564 valence electrons. The lowest BCUT2D eigenvalue weighted by Gasteiger charge is -2.21. The molecule has 0 saturated heterocycles. The molecule has 0 aromatic heterocycles. The molecule has 0 aromatic carbocycles. The normalized spacial score (nSPS) is 14.9. The van der Waals surface area contributed by atoms with Crippen LogP contribution in [0.2, 0.25) is 0 Å². The highest BCUT2D eigenvalue weighted by Crippen LogP contribution is 2.45. The monoisotopic (exact) mass is 1420 g/mol. The van der Waals surface area contributed by atoms with E-state index >= 15 is 0 Å². The molecule has 0 rings (SSSR count). The van der Waals surface area contributed by atoms with Crippen LogP contribution in [0.4, 0.5) is 0 Å². The fourth-order valence-electron chi connectivity index (χ4n) is 9.52. The molecule has 0 aromatic rings. The van der Waals surface area contributed by atoms with Gasteiger partial charge in [-0.25, -0.2) is 9.13 Å². The Morgan fingerprint density at radius 2 is 0.535 bits per heavy atom. The number of rotatable bonds is 70. The van der Waals surface area contributed by atoms with Crippen LogP contribution >= 0.6 is 15.6 Å². The lowest BCUT2D eigenvalue weighted by molar-refractivity contribution is -0.161. The zero-order chi connectivity index (χ0) is 72.3. The van der Waals surface area contributed by atoms with E-state index in [0.29, 0.717) is 19.3 Å². The van der Waals surface area contributed by atoms with Gasteiger partial charge in [-0.05, 0) is 141 Å². The second-order valence-corrected chi connectivity index (χ2v) is 27.6. The number of aliphatic hydroxyl groups is 2. The molecule has 0 aliphatic carbocycles. The van der Waals surface area contributed by atoms with Crippen LogP contribution < -0.4 is 0 Å². The van der Waals surface area contributed by atoms with Gasteiger partial charge in [0.2, 0.25) is 0 Å². The minimum absolute atomic E-state index is 0.0771. The van der Waals surface area contributed by atoms with Crippen molar-refractivity contribution in [1.82, 2.24) is 0 Å². The van der Waals surface area contributed by atoms with Crippen LogP contribution in [0.1, 0.15) is 278 Å². The third-order valence-corrected chi connectivity index (χ3v) is 17.1. The molecule has 0 fully saturated rings. The van der Waals surface area contributed by atoms with Gasteiger partial charge in [-0.3, -0.25) is 32.5 Å². The third-order valence-electron chi connectivity index (χ3n) is 15.2. The first-order valence-corrected chi connectivity index (χ1v) is 40.8. The van der Waals surface area contributed by atoms with Crippen molar-refractivity contribution in [1.29, 1.82) is 0 Å². The number of phosphoric ester groups is 2. The summed E-state index contributed by atoms with van der Waals surface area (Å²) in [6.07, 6.45) is 90.1. The number of carbonyl (C=O) groups is 3. The smallest absolute Gasteiger partial charge is 0.463 e. The Morgan fingerprint density at radius 3 is 0.848 bits per heavy atom. The molecular formula is C81H134O16P2. The van der Waals surface area contributed by atoms with Gasteiger partial charge in [0.1, 0.15) is 25.4 Å². The number of phosphoric acid groups is 2. The summed E-state index contributed by atoms with van der Waals surface area (Å²) >= 11 is 0. The summed E-state index contributed by atoms with van der Waals surface area (Å²) in [7, 11) is -9.81. The Balaban J connectivity index is 4.58. The van der Waals surface area contributed by atoms with Gasteiger partial charge in [-0.1, -0.05) is 275 Å². The summed E-state index contributed by atoms with van der Waals surface area (Å²) in [5.74, 6) is -1.63. The van der Waals surface area contributed by atoms with Gasteiger partial charge in [-0.2, -0.15) is 0 Å². The highest BCUT2D eigenvalue weighted by atomic mass is 31.2. The average Bonchev–Trinajstić information content (AvgIpc) is 1.02. The van der Waals surface area contributed by atoms with E-state index in [-0.39, 0.29) is 19.3 Å². The third kappa shape index (κ3) is 74.2. The second kappa shape index (κ2) is 72.9. The zero-order valence-electron chi connectivity index (χ0n) is 61.4. The predicted octanol–water partition coefficient (Wildman–Crippen LogP) is 21.9. The highest BCUT2D eigenvalue weighted by molar-refractivity contribution is 7.47. The number of hydrogen-bond acceptors (Lipinski definition) is 14. The number of esters is 3. The first-order valence-electron chi connectivity index (χ1n) is 37.8. The minimum atomic E-state index is -4.94. The van der Waals surface area contributed by atoms with Crippen LogP contribution in [0.5, 0.6) is 0 Å². The predicted molar refractivity (Wildman–Crippen MR) is 408 cm³/mol. The fourth-order valence-corrected chi connectivity index (χ4v) is 11.1. The number of unbranched alkanes of at least 4 members (excludes halogenated alkanes) is 21. The van der Waals surface area contributed by atoms with Gasteiger partial charge >= 0.3 is 33.6 Å². The first-order chi connectivity index (χ1) is 48.2. The molecule has 4 N–H and O–H groups in total. The Kier molecular flexibility index (Phi) is 69.4. The van der Waals surface area contributed by atoms with Crippen molar-refractivity contribution in [2.45, 2.75) is 296 Å². The molecule has 0 spiro atoms. The number of aliphatic hydroxyl groups excluding tert-OH is 2. The van der Waals surface area contributed by atoms with E-state index in [4.69, 9.17) is 32.3 Å². The Labute approximate surface area is 600 Å². The molecule has 0 saturated carbocycles. The Morgan fingerprint density at radius 1 is 0.293 bits per heavy atom. The van der Waals surface area contributed by atoms with Crippen LogP contribution in [0, 0.1) is 0 Å². The number of allylic oxidation sites excluding steroid dienone is 26. The summed E-state index contributed by atoms with van der Waals surface area (Å²) < 4.78 is 61.0. The molecule has 0 aliphatic heterocycles. The van der Waals surface area contributed by atoms with Crippen molar-refractivity contribution in [3.05, 3.63) is 158 Å². The minimum Gasteiger partial charge on any atom is -0.463 e. The summed E-state index contributed by atoms with van der Waals surface area (Å²) in [5.41, 5.74) is 0. The molecule has 0 heterocycles. The summed E-state index contributed by atoms with van der Waals surface area (Å²) in [4.78, 5) is 58.5. The van der Waals surface area contributed by atoms with Crippen molar-refractivity contribution >= 4 is 33.6 Å². The number of ether oxygens (including phenoxy) is 3. The molecule has 0 bridgehead atoms. The first kappa shape index (κ1) is 94.2. The van der Waals surface area contributed by atoms with Gasteiger partial charge in [0.05, 0.1) is 26.4 Å². The molecular weight excluding hydrogens is 1290 g/mol. The lowest BCUT2D eigenvalue weighted by Crippen LogP contribution is -2.30. The van der Waals surface area contributed by atoms with Crippen LogP contribution in [-0.4, -0.2) is 95.9 Å². The van der Waals surface area contributed by atoms with Crippen LogP contribution in [0.3, 0.4) is 0 Å². The second-order valence-electron chi connectivity index (χ2n) is 24.7. The van der Waals surface area contributed by atoms with Crippen LogP contribution in [0.15, 0.2) is 158 Å². The van der Waals surface area contributed by atoms with Gasteiger partial charge in [-0.15, -0.1) is 0 Å². The van der Waals surface area contributed by atoms with Crippen LogP contribution in [-0.2, 0) is 55.8 Å². The van der Waals surface area contributed by atoms with Crippen molar-refractivity contribution < 1.29 is 75.8 Å². The molecule has 5 atom stereocenters. The Bertz CT molecular complexity index is 2430. The molecule has 0 aliphatic rings. The van der Waals surface area contributed by atoms with E-state index in [9.17, 15) is 43.5 Å². The van der Waals surface area contributed by atoms with Crippen molar-refractivity contribution in [3.8, 4) is 0 Å². The van der Waals surface area contributed by atoms with E-state index in [1.807, 2.05) is 0 Å². The van der Waals surface area contributed by atoms with Crippen LogP contribution in [0.25, 0.3) is 0 Å².